The van der Waals surface area contributed by atoms with Gasteiger partial charge in [0.15, 0.2) is 23.2 Å². The number of imidazole rings is 1. The molecule has 1 saturated heterocycles. The summed E-state index contributed by atoms with van der Waals surface area (Å²) in [5.41, 5.74) is 10.3. The smallest absolute Gasteiger partial charge is 0.336 e. The third-order valence-corrected chi connectivity index (χ3v) is 20.5. The zero-order chi connectivity index (χ0) is 58.1. The molecular weight excluding hydrogens is 1060 g/mol. The maximum atomic E-state index is 14.0. The average molecular weight is 1130 g/mol. The molecule has 0 bridgehead atoms. The van der Waals surface area contributed by atoms with Gasteiger partial charge in [0, 0.05) is 25.1 Å². The number of nitrogens with zero attached hydrogens (tertiary/aromatic N) is 4. The van der Waals surface area contributed by atoms with Crippen LogP contribution in [0.15, 0.2) is 195 Å². The summed E-state index contributed by atoms with van der Waals surface area (Å²) in [5, 5.41) is 16.0. The fourth-order valence-corrected chi connectivity index (χ4v) is 16.1. The van der Waals surface area contributed by atoms with E-state index in [0.717, 1.165) is 27.1 Å². The predicted molar refractivity (Wildman–Crippen MR) is 320 cm³/mol. The van der Waals surface area contributed by atoms with E-state index in [-0.39, 0.29) is 50.3 Å². The Hall–Kier alpha value is -8.39. The van der Waals surface area contributed by atoms with Crippen LogP contribution in [0.2, 0.25) is 5.04 Å². The second-order valence-corrected chi connectivity index (χ2v) is 25.6. The van der Waals surface area contributed by atoms with Crippen LogP contribution in [0.3, 0.4) is 0 Å². The molecule has 1 fully saturated rings. The Bertz CT molecular complexity index is 3540. The van der Waals surface area contributed by atoms with Gasteiger partial charge in [0.05, 0.1) is 58.6 Å². The van der Waals surface area contributed by atoms with E-state index >= 15 is 0 Å². The Morgan fingerprint density at radius 1 is 0.711 bits per heavy atom. The molecule has 2 aromatic heterocycles. The lowest BCUT2D eigenvalue weighted by atomic mass is 9.79. The van der Waals surface area contributed by atoms with Crippen LogP contribution in [0.5, 0.6) is 11.5 Å². The number of amides is 1. The number of benzene rings is 7. The van der Waals surface area contributed by atoms with Crippen molar-refractivity contribution in [3.63, 3.8) is 0 Å². The minimum atomic E-state index is -3.32. The number of rotatable bonds is 23. The number of methoxy groups -OCH3 is 3. The van der Waals surface area contributed by atoms with Gasteiger partial charge >= 0.3 is 5.97 Å². The van der Waals surface area contributed by atoms with Crippen LogP contribution < -0.4 is 30.9 Å². The predicted octanol–water partition coefficient (Wildman–Crippen LogP) is 10.1. The Labute approximate surface area is 484 Å². The van der Waals surface area contributed by atoms with Crippen molar-refractivity contribution >= 4 is 47.5 Å². The molecule has 1 aliphatic rings. The second-order valence-electron chi connectivity index (χ2n) is 21.3. The van der Waals surface area contributed by atoms with E-state index in [1.165, 1.54) is 6.33 Å². The Morgan fingerprint density at radius 2 is 1.28 bits per heavy atom. The summed E-state index contributed by atoms with van der Waals surface area (Å²) < 4.78 is 48.7. The molecular formula is C66H68N6O10Si. The number of carboxylic acids is 1. The summed E-state index contributed by atoms with van der Waals surface area (Å²) >= 11 is 0. The molecule has 17 heteroatoms. The highest BCUT2D eigenvalue weighted by Gasteiger charge is 2.53. The number of carbonyl (C=O) groups is 2. The number of carbonyl (C=O) groups excluding carboxylic acids is 1. The van der Waals surface area contributed by atoms with Crippen LogP contribution in [-0.4, -0.2) is 98.2 Å². The van der Waals surface area contributed by atoms with E-state index in [4.69, 9.17) is 48.5 Å². The SMILES string of the molecule is COCCO[C@@H]1[C@H](c2cc(CN)cc(C(=O)O)c2CO[Si](c2ccccc2)(c2ccccc2)C(C)(C)C)[C@H](COC(c2ccccc2)(c2ccc(OC)cc2)c2ccc(OC)cc2)O[C@H]1n1cnc2c(NC(=O)c3ccccc3)ncnc21. The molecule has 4 atom stereocenters. The van der Waals surface area contributed by atoms with Crippen molar-refractivity contribution in [2.45, 2.75) is 68.9 Å². The molecule has 0 unspecified atom stereocenters. The van der Waals surface area contributed by atoms with Gasteiger partial charge in [-0.25, -0.2) is 19.7 Å². The molecule has 0 aliphatic carbocycles. The first-order valence-electron chi connectivity index (χ1n) is 27.5. The highest BCUT2D eigenvalue weighted by molar-refractivity contribution is 6.99. The third kappa shape index (κ3) is 11.6. The van der Waals surface area contributed by atoms with Crippen molar-refractivity contribution in [3.8, 4) is 11.5 Å². The number of anilines is 1. The maximum absolute atomic E-state index is 14.0. The van der Waals surface area contributed by atoms with Crippen LogP contribution in [0, 0.1) is 0 Å². The van der Waals surface area contributed by atoms with Gasteiger partial charge in [-0.2, -0.15) is 0 Å². The molecule has 0 radical (unpaired) electrons. The first-order chi connectivity index (χ1) is 40.3. The number of hydrogen-bond acceptors (Lipinski definition) is 13. The van der Waals surface area contributed by atoms with Crippen LogP contribution in [0.1, 0.15) is 87.0 Å². The van der Waals surface area contributed by atoms with Crippen molar-refractivity contribution in [1.29, 1.82) is 0 Å². The lowest BCUT2D eigenvalue weighted by Gasteiger charge is -2.43. The van der Waals surface area contributed by atoms with E-state index in [2.05, 4.69) is 55.3 Å². The van der Waals surface area contributed by atoms with Crippen molar-refractivity contribution in [1.82, 2.24) is 19.5 Å². The van der Waals surface area contributed by atoms with E-state index in [1.54, 1.807) is 62.6 Å². The largest absolute Gasteiger partial charge is 0.497 e. The zero-order valence-electron chi connectivity index (χ0n) is 47.3. The third-order valence-electron chi connectivity index (χ3n) is 15.5. The minimum absolute atomic E-state index is 0.0170. The number of carboxylic acid groups (broad SMARTS) is 1. The molecule has 1 aliphatic heterocycles. The lowest BCUT2D eigenvalue weighted by molar-refractivity contribution is -0.0955. The fourth-order valence-electron chi connectivity index (χ4n) is 11.6. The van der Waals surface area contributed by atoms with Crippen molar-refractivity contribution in [2.75, 3.05) is 46.5 Å². The summed E-state index contributed by atoms with van der Waals surface area (Å²) in [6.45, 7) is 6.64. The quantitative estimate of drug-likeness (QED) is 0.0310. The molecule has 9 aromatic rings. The number of nitrogens with one attached hydrogen (secondary N) is 1. The van der Waals surface area contributed by atoms with Gasteiger partial charge in [-0.15, -0.1) is 0 Å². The summed E-state index contributed by atoms with van der Waals surface area (Å²) in [6, 6.07) is 58.3. The van der Waals surface area contributed by atoms with Crippen LogP contribution in [-0.2, 0) is 42.1 Å². The normalized spacial score (nSPS) is 16.4. The number of fused-ring (bicyclic) bond motifs is 1. The summed E-state index contributed by atoms with van der Waals surface area (Å²) in [6.07, 6.45) is 0.0745. The van der Waals surface area contributed by atoms with E-state index in [1.807, 2.05) is 127 Å². The molecule has 0 saturated carbocycles. The van der Waals surface area contributed by atoms with Gasteiger partial charge in [-0.1, -0.05) is 160 Å². The molecule has 7 aromatic carbocycles. The van der Waals surface area contributed by atoms with E-state index in [0.29, 0.717) is 44.9 Å². The number of aromatic carboxylic acids is 1. The first kappa shape index (κ1) is 57.8. The van der Waals surface area contributed by atoms with Gasteiger partial charge < -0.3 is 49.0 Å². The van der Waals surface area contributed by atoms with E-state index < -0.39 is 49.3 Å². The van der Waals surface area contributed by atoms with Gasteiger partial charge in [0.1, 0.15) is 29.5 Å². The summed E-state index contributed by atoms with van der Waals surface area (Å²) in [7, 11) is 1.52. The van der Waals surface area contributed by atoms with Gasteiger partial charge in [-0.3, -0.25) is 9.36 Å². The minimum Gasteiger partial charge on any atom is -0.497 e. The maximum Gasteiger partial charge on any atom is 0.336 e. The number of ether oxygens (including phenoxy) is 6. The monoisotopic (exact) mass is 1130 g/mol. The molecule has 83 heavy (non-hydrogen) atoms. The number of nitrogens with two attached hydrogens (primary N) is 1. The van der Waals surface area contributed by atoms with Crippen LogP contribution in [0.4, 0.5) is 5.82 Å². The Kier molecular flexibility index (Phi) is 17.7. The van der Waals surface area contributed by atoms with Crippen molar-refractivity contribution < 1.29 is 47.5 Å². The molecule has 0 spiro atoms. The number of aromatic nitrogens is 4. The summed E-state index contributed by atoms with van der Waals surface area (Å²) in [5.74, 6) is -0.866. The molecule has 3 heterocycles. The summed E-state index contributed by atoms with van der Waals surface area (Å²) in [4.78, 5) is 41.7. The first-order valence-corrected chi connectivity index (χ1v) is 29.4. The molecule has 426 valence electrons. The highest BCUT2D eigenvalue weighted by Crippen LogP contribution is 2.49. The molecule has 16 nitrogen and oxygen atoms in total. The van der Waals surface area contributed by atoms with Gasteiger partial charge in [0.25, 0.3) is 14.2 Å². The van der Waals surface area contributed by atoms with Crippen molar-refractivity contribution in [2.24, 2.45) is 5.73 Å². The highest BCUT2D eigenvalue weighted by atomic mass is 28.4. The molecule has 10 rings (SSSR count). The van der Waals surface area contributed by atoms with E-state index in [9.17, 15) is 14.7 Å². The van der Waals surface area contributed by atoms with Gasteiger partial charge in [-0.05, 0) is 91.3 Å². The standard InChI is InChI=1S/C66H68N6O10Si/c1-65(2,3)83(51-23-15-9-16-24-51,52-25-17-10-18-26-52)81-40-55-53(37-44(39-67)38-54(55)64(74)75)57-56(41-80-66(46-21-13-8-14-22-46,47-27-31-49(77-5)32-28-47)48-29-33-50(78-6)34-30-48)82-63(59(57)79-36-35-76-4)72-43-70-58-60(68-42-69-61(58)72)71-62(73)45-19-11-7-12-20-45/h7-34,37-38,42-43,56-57,59,63H,35-36,39-41,67H2,1-6H3,(H,74,75)(H,68,69,71,73)/t56-,57+,59+,63+/m0/s1. The Morgan fingerprint density at radius 3 is 1.82 bits per heavy atom. The van der Waals surface area contributed by atoms with Crippen LogP contribution in [0.25, 0.3) is 11.2 Å². The fraction of sp³-hybridized carbons (Fsp3) is 0.258. The molecule has 4 N–H and O–H groups in total. The topological polar surface area (TPSA) is 201 Å². The zero-order valence-corrected chi connectivity index (χ0v) is 48.3. The molecule has 1 amide bonds. The number of hydrogen-bond donors (Lipinski definition) is 3. The lowest BCUT2D eigenvalue weighted by Crippen LogP contribution is -2.66. The average Bonchev–Trinajstić information content (AvgIpc) is 3.58. The Balaban J connectivity index is 1.19. The van der Waals surface area contributed by atoms with Crippen molar-refractivity contribution in [3.05, 3.63) is 239 Å². The van der Waals surface area contributed by atoms with Crippen LogP contribution >= 0.6 is 0 Å². The van der Waals surface area contributed by atoms with Gasteiger partial charge in [0.2, 0.25) is 0 Å². The second kappa shape index (κ2) is 25.4.